The second kappa shape index (κ2) is 6.74. The Morgan fingerprint density at radius 2 is 1.70 bits per heavy atom. The Morgan fingerprint density at radius 1 is 1.20 bits per heavy atom. The molecule has 3 N–H and O–H groups in total. The first-order valence-electron chi connectivity index (χ1n) is 6.29. The minimum absolute atomic E-state index is 0.410. The lowest BCUT2D eigenvalue weighted by atomic mass is 10.0. The van der Waals surface area contributed by atoms with Crippen molar-refractivity contribution in [2.45, 2.75) is 33.7 Å². The van der Waals surface area contributed by atoms with E-state index in [0.29, 0.717) is 5.69 Å². The monoisotopic (exact) mass is 342 g/mol. The fourth-order valence-electron chi connectivity index (χ4n) is 1.73. The van der Waals surface area contributed by atoms with Crippen LogP contribution in [0.3, 0.4) is 0 Å². The molecule has 0 fully saturated rings. The van der Waals surface area contributed by atoms with Crippen LogP contribution in [0.15, 0.2) is 16.6 Å². The molecule has 0 aliphatic carbocycles. The summed E-state index contributed by atoms with van der Waals surface area (Å²) >= 11 is 3.46. The number of benzene rings is 1. The average molecular weight is 343 g/mol. The van der Waals surface area contributed by atoms with E-state index in [1.54, 1.807) is 13.8 Å². The molecule has 0 radical (unpaired) electrons. The first kappa shape index (κ1) is 16.5. The minimum atomic E-state index is -0.937. The van der Waals surface area contributed by atoms with Gasteiger partial charge in [-0.2, -0.15) is 0 Å². The highest BCUT2D eigenvalue weighted by atomic mass is 79.9. The highest BCUT2D eigenvalue weighted by molar-refractivity contribution is 9.10. The summed E-state index contributed by atoms with van der Waals surface area (Å²) in [6.45, 7) is 7.10. The number of carbonyl (C=O) groups is 2. The summed E-state index contributed by atoms with van der Waals surface area (Å²) in [7, 11) is 0. The van der Waals surface area contributed by atoms with Crippen molar-refractivity contribution in [3.63, 3.8) is 0 Å². The largest absolute Gasteiger partial charge is 0.481 e. The second-order valence-corrected chi connectivity index (χ2v) is 5.73. The molecule has 0 saturated heterocycles. The Balaban J connectivity index is 2.70. The van der Waals surface area contributed by atoms with Crippen LogP contribution in [0, 0.1) is 19.8 Å². The molecule has 2 unspecified atom stereocenters. The Morgan fingerprint density at radius 3 is 2.15 bits per heavy atom. The summed E-state index contributed by atoms with van der Waals surface area (Å²) < 4.78 is 1.01. The maximum atomic E-state index is 11.8. The topological polar surface area (TPSA) is 78.4 Å². The van der Waals surface area contributed by atoms with E-state index >= 15 is 0 Å². The van der Waals surface area contributed by atoms with E-state index in [-0.39, 0.29) is 0 Å². The number of carbonyl (C=O) groups excluding carboxylic acids is 1. The highest BCUT2D eigenvalue weighted by Crippen LogP contribution is 2.24. The Hall–Kier alpha value is -1.56. The van der Waals surface area contributed by atoms with Crippen molar-refractivity contribution < 1.29 is 14.7 Å². The van der Waals surface area contributed by atoms with Gasteiger partial charge in [-0.05, 0) is 51.0 Å². The van der Waals surface area contributed by atoms with Gasteiger partial charge in [-0.3, -0.25) is 4.79 Å². The van der Waals surface area contributed by atoms with Gasteiger partial charge in [0.05, 0.1) is 5.92 Å². The first-order chi connectivity index (χ1) is 9.22. The summed E-state index contributed by atoms with van der Waals surface area (Å²) in [5.74, 6) is -1.58. The summed E-state index contributed by atoms with van der Waals surface area (Å²) in [6, 6.07) is 2.83. The van der Waals surface area contributed by atoms with Crippen LogP contribution >= 0.6 is 15.9 Å². The van der Waals surface area contributed by atoms with Crippen molar-refractivity contribution in [2.24, 2.45) is 5.92 Å². The molecule has 1 aromatic rings. The first-order valence-corrected chi connectivity index (χ1v) is 7.08. The SMILES string of the molecule is Cc1cc(NC(=O)NC(C)C(C)C(=O)O)cc(C)c1Br. The maximum absolute atomic E-state index is 11.8. The van der Waals surface area contributed by atoms with Gasteiger partial charge in [-0.25, -0.2) is 4.79 Å². The number of aryl methyl sites for hydroxylation is 2. The van der Waals surface area contributed by atoms with Crippen molar-refractivity contribution in [2.75, 3.05) is 5.32 Å². The van der Waals surface area contributed by atoms with E-state index < -0.39 is 24.0 Å². The maximum Gasteiger partial charge on any atom is 0.319 e. The standard InChI is InChI=1S/C14H19BrN2O3/c1-7-5-11(6-8(2)12(7)15)17-14(20)16-10(4)9(3)13(18)19/h5-6,9-10H,1-4H3,(H,18,19)(H2,16,17,20). The molecule has 0 aliphatic heterocycles. The molecule has 20 heavy (non-hydrogen) atoms. The molecule has 0 heterocycles. The van der Waals surface area contributed by atoms with Gasteiger partial charge >= 0.3 is 12.0 Å². The molecule has 1 aromatic carbocycles. The van der Waals surface area contributed by atoms with E-state index in [9.17, 15) is 9.59 Å². The number of hydrogen-bond donors (Lipinski definition) is 3. The van der Waals surface area contributed by atoms with Gasteiger partial charge in [0.2, 0.25) is 0 Å². The van der Waals surface area contributed by atoms with Gasteiger partial charge in [0, 0.05) is 16.2 Å². The molecular weight excluding hydrogens is 324 g/mol. The van der Waals surface area contributed by atoms with Gasteiger partial charge in [0.25, 0.3) is 0 Å². The van der Waals surface area contributed by atoms with Gasteiger partial charge in [0.15, 0.2) is 0 Å². The van der Waals surface area contributed by atoms with Crippen LogP contribution < -0.4 is 10.6 Å². The van der Waals surface area contributed by atoms with Crippen LogP contribution in [-0.4, -0.2) is 23.1 Å². The van der Waals surface area contributed by atoms with E-state index in [1.807, 2.05) is 26.0 Å². The number of aliphatic carboxylic acids is 1. The Labute approximate surface area is 126 Å². The van der Waals surface area contributed by atoms with Gasteiger partial charge in [-0.15, -0.1) is 0 Å². The normalized spacial score (nSPS) is 13.4. The molecular formula is C14H19BrN2O3. The van der Waals surface area contributed by atoms with Crippen LogP contribution in [0.1, 0.15) is 25.0 Å². The molecule has 0 aliphatic rings. The molecule has 110 valence electrons. The molecule has 2 amide bonds. The van der Waals surface area contributed by atoms with Crippen LogP contribution in [0.5, 0.6) is 0 Å². The predicted octanol–water partition coefficient (Wildman–Crippen LogP) is 3.30. The third-order valence-corrected chi connectivity index (χ3v) is 4.44. The zero-order valence-electron chi connectivity index (χ0n) is 12.0. The number of rotatable bonds is 4. The van der Waals surface area contributed by atoms with Crippen LogP contribution in [0.2, 0.25) is 0 Å². The molecule has 0 spiro atoms. The molecule has 6 heteroatoms. The Kier molecular flexibility index (Phi) is 5.56. The predicted molar refractivity (Wildman–Crippen MR) is 82.0 cm³/mol. The van der Waals surface area contributed by atoms with Crippen LogP contribution in [0.25, 0.3) is 0 Å². The highest BCUT2D eigenvalue weighted by Gasteiger charge is 2.20. The summed E-state index contributed by atoms with van der Waals surface area (Å²) in [6.07, 6.45) is 0. The number of carboxylic acids is 1. The number of carboxylic acid groups (broad SMARTS) is 1. The summed E-state index contributed by atoms with van der Waals surface area (Å²) in [5, 5.41) is 14.2. The zero-order valence-corrected chi connectivity index (χ0v) is 13.5. The van der Waals surface area contributed by atoms with E-state index in [1.165, 1.54) is 0 Å². The number of amides is 2. The van der Waals surface area contributed by atoms with Crippen molar-refractivity contribution >= 4 is 33.6 Å². The van der Waals surface area contributed by atoms with Gasteiger partial charge < -0.3 is 15.7 Å². The lowest BCUT2D eigenvalue weighted by Gasteiger charge is -2.18. The second-order valence-electron chi connectivity index (χ2n) is 4.94. The molecule has 1 rings (SSSR count). The van der Waals surface area contributed by atoms with E-state index in [0.717, 1.165) is 15.6 Å². The quantitative estimate of drug-likeness (QED) is 0.785. The number of hydrogen-bond acceptors (Lipinski definition) is 2. The van der Waals surface area contributed by atoms with E-state index in [2.05, 4.69) is 26.6 Å². The molecule has 0 aromatic heterocycles. The molecule has 0 saturated carbocycles. The lowest BCUT2D eigenvalue weighted by molar-refractivity contribution is -0.141. The van der Waals surface area contributed by atoms with Gasteiger partial charge in [0.1, 0.15) is 0 Å². The molecule has 5 nitrogen and oxygen atoms in total. The minimum Gasteiger partial charge on any atom is -0.481 e. The van der Waals surface area contributed by atoms with Crippen LogP contribution in [-0.2, 0) is 4.79 Å². The fraction of sp³-hybridized carbons (Fsp3) is 0.429. The molecule has 2 atom stereocenters. The number of urea groups is 1. The van der Waals surface area contributed by atoms with Gasteiger partial charge in [-0.1, -0.05) is 15.9 Å². The zero-order chi connectivity index (χ0) is 15.4. The van der Waals surface area contributed by atoms with Crippen molar-refractivity contribution in [1.82, 2.24) is 5.32 Å². The smallest absolute Gasteiger partial charge is 0.319 e. The average Bonchev–Trinajstić information content (AvgIpc) is 2.34. The third kappa shape index (κ3) is 4.23. The summed E-state index contributed by atoms with van der Waals surface area (Å²) in [5.41, 5.74) is 2.72. The van der Waals surface area contributed by atoms with Crippen molar-refractivity contribution in [1.29, 1.82) is 0 Å². The number of anilines is 1. The number of nitrogens with one attached hydrogen (secondary N) is 2. The fourth-order valence-corrected chi connectivity index (χ4v) is 1.96. The number of halogens is 1. The summed E-state index contributed by atoms with van der Waals surface area (Å²) in [4.78, 5) is 22.7. The Bertz CT molecular complexity index is 508. The third-order valence-electron chi connectivity index (χ3n) is 3.19. The van der Waals surface area contributed by atoms with Crippen molar-refractivity contribution in [3.05, 3.63) is 27.7 Å². The van der Waals surface area contributed by atoms with Crippen molar-refractivity contribution in [3.8, 4) is 0 Å². The van der Waals surface area contributed by atoms with Crippen LogP contribution in [0.4, 0.5) is 10.5 Å². The lowest BCUT2D eigenvalue weighted by Crippen LogP contribution is -2.42. The van der Waals surface area contributed by atoms with E-state index in [4.69, 9.17) is 5.11 Å². The molecule has 0 bridgehead atoms.